The first-order valence-electron chi connectivity index (χ1n) is 4.72. The maximum Gasteiger partial charge on any atom is 0.331 e. The van der Waals surface area contributed by atoms with Crippen molar-refractivity contribution in [3.8, 4) is 0 Å². The number of rotatable bonds is 4. The van der Waals surface area contributed by atoms with E-state index in [2.05, 4.69) is 10.1 Å². The highest BCUT2D eigenvalue weighted by Gasteiger charge is 2.27. The van der Waals surface area contributed by atoms with E-state index < -0.39 is 15.8 Å². The van der Waals surface area contributed by atoms with Crippen LogP contribution in [0.5, 0.6) is 0 Å². The molecule has 0 amide bonds. The molecule has 86 valence electrons. The van der Waals surface area contributed by atoms with Crippen LogP contribution in [0.1, 0.15) is 6.42 Å². The van der Waals surface area contributed by atoms with Crippen molar-refractivity contribution < 1.29 is 17.9 Å². The maximum absolute atomic E-state index is 11.1. The van der Waals surface area contributed by atoms with Crippen LogP contribution in [0.15, 0.2) is 12.3 Å². The molecule has 0 aromatic rings. The fraction of sp³-hybridized carbons (Fsp3) is 0.667. The smallest absolute Gasteiger partial charge is 0.331 e. The van der Waals surface area contributed by atoms with Gasteiger partial charge in [-0.15, -0.1) is 0 Å². The molecule has 1 aliphatic heterocycles. The predicted octanol–water partition coefficient (Wildman–Crippen LogP) is -0.303. The van der Waals surface area contributed by atoms with E-state index in [1.54, 1.807) is 0 Å². The second-order valence-corrected chi connectivity index (χ2v) is 5.76. The van der Waals surface area contributed by atoms with Gasteiger partial charge in [0.05, 0.1) is 18.6 Å². The minimum Gasteiger partial charge on any atom is -0.466 e. The highest BCUT2D eigenvalue weighted by molar-refractivity contribution is 7.91. The van der Waals surface area contributed by atoms with E-state index >= 15 is 0 Å². The number of carbonyl (C=O) groups excluding carboxylic acids is 1. The Balaban J connectivity index is 2.22. The van der Waals surface area contributed by atoms with Crippen LogP contribution in [0.3, 0.4) is 0 Å². The SMILES string of the molecule is COC(=O)/C=C/NCC1CCS(=O)(=O)C1. The first kappa shape index (κ1) is 12.0. The molecule has 1 aliphatic rings. The van der Waals surface area contributed by atoms with Gasteiger partial charge in [-0.2, -0.15) is 0 Å². The molecule has 1 rings (SSSR count). The summed E-state index contributed by atoms with van der Waals surface area (Å²) < 4.78 is 26.6. The van der Waals surface area contributed by atoms with Crippen molar-refractivity contribution >= 4 is 15.8 Å². The summed E-state index contributed by atoms with van der Waals surface area (Å²) in [6.45, 7) is 0.576. The van der Waals surface area contributed by atoms with E-state index in [0.717, 1.165) is 0 Å². The van der Waals surface area contributed by atoms with Gasteiger partial charge in [0.15, 0.2) is 9.84 Å². The minimum atomic E-state index is -2.81. The number of carbonyl (C=O) groups is 1. The molecule has 0 saturated carbocycles. The number of sulfone groups is 1. The topological polar surface area (TPSA) is 72.5 Å². The lowest BCUT2D eigenvalue weighted by Gasteiger charge is -2.06. The summed E-state index contributed by atoms with van der Waals surface area (Å²) in [6.07, 6.45) is 3.45. The predicted molar refractivity (Wildman–Crippen MR) is 55.9 cm³/mol. The number of methoxy groups -OCH3 is 1. The Kier molecular flexibility index (Phi) is 4.14. The summed E-state index contributed by atoms with van der Waals surface area (Å²) in [5.41, 5.74) is 0. The highest BCUT2D eigenvalue weighted by Crippen LogP contribution is 2.17. The normalized spacial score (nSPS) is 24.2. The molecule has 1 N–H and O–H groups in total. The summed E-state index contributed by atoms with van der Waals surface area (Å²) >= 11 is 0. The van der Waals surface area contributed by atoms with Crippen LogP contribution >= 0.6 is 0 Å². The Bertz CT molecular complexity index is 347. The van der Waals surface area contributed by atoms with Gasteiger partial charge in [0.1, 0.15) is 0 Å². The highest BCUT2D eigenvalue weighted by atomic mass is 32.2. The number of ether oxygens (including phenoxy) is 1. The van der Waals surface area contributed by atoms with Crippen molar-refractivity contribution in [2.75, 3.05) is 25.2 Å². The van der Waals surface area contributed by atoms with Gasteiger partial charge in [0, 0.05) is 18.8 Å². The van der Waals surface area contributed by atoms with Gasteiger partial charge in [-0.1, -0.05) is 0 Å². The second-order valence-electron chi connectivity index (χ2n) is 3.53. The van der Waals surface area contributed by atoms with Crippen LogP contribution in [0.4, 0.5) is 0 Å². The van der Waals surface area contributed by atoms with Crippen LogP contribution < -0.4 is 5.32 Å². The van der Waals surface area contributed by atoms with E-state index in [4.69, 9.17) is 0 Å². The first-order valence-corrected chi connectivity index (χ1v) is 6.54. The molecule has 0 aromatic heterocycles. The van der Waals surface area contributed by atoms with Gasteiger partial charge in [0.2, 0.25) is 0 Å². The minimum absolute atomic E-state index is 0.150. The number of nitrogens with one attached hydrogen (secondary N) is 1. The molecule has 5 nitrogen and oxygen atoms in total. The van der Waals surface area contributed by atoms with E-state index in [0.29, 0.717) is 13.0 Å². The molecule has 0 aliphatic carbocycles. The molecule has 0 radical (unpaired) electrons. The summed E-state index contributed by atoms with van der Waals surface area (Å²) in [4.78, 5) is 10.7. The Morgan fingerprint density at radius 3 is 2.87 bits per heavy atom. The summed E-state index contributed by atoms with van der Waals surface area (Å²) in [7, 11) is -1.51. The van der Waals surface area contributed by atoms with Crippen LogP contribution in [0, 0.1) is 5.92 Å². The number of hydrogen-bond acceptors (Lipinski definition) is 5. The van der Waals surface area contributed by atoms with Gasteiger partial charge in [-0.05, 0) is 12.3 Å². The van der Waals surface area contributed by atoms with Crippen molar-refractivity contribution in [1.82, 2.24) is 5.32 Å². The first-order chi connectivity index (χ1) is 7.03. The molecule has 1 heterocycles. The van der Waals surface area contributed by atoms with E-state index in [-0.39, 0.29) is 17.4 Å². The largest absolute Gasteiger partial charge is 0.466 e. The molecule has 0 bridgehead atoms. The van der Waals surface area contributed by atoms with Crippen molar-refractivity contribution in [2.45, 2.75) is 6.42 Å². The van der Waals surface area contributed by atoms with Gasteiger partial charge in [-0.3, -0.25) is 0 Å². The summed E-state index contributed by atoms with van der Waals surface area (Å²) in [6, 6.07) is 0. The monoisotopic (exact) mass is 233 g/mol. The average molecular weight is 233 g/mol. The van der Waals surface area contributed by atoms with Crippen molar-refractivity contribution in [3.63, 3.8) is 0 Å². The Labute approximate surface area is 89.4 Å². The van der Waals surface area contributed by atoms with Crippen LogP contribution in [-0.4, -0.2) is 39.5 Å². The van der Waals surface area contributed by atoms with E-state index in [1.807, 2.05) is 0 Å². The van der Waals surface area contributed by atoms with Crippen molar-refractivity contribution in [3.05, 3.63) is 12.3 Å². The fourth-order valence-electron chi connectivity index (χ4n) is 1.46. The zero-order valence-corrected chi connectivity index (χ0v) is 9.42. The Morgan fingerprint density at radius 2 is 2.33 bits per heavy atom. The number of esters is 1. The van der Waals surface area contributed by atoms with Crippen molar-refractivity contribution in [2.24, 2.45) is 5.92 Å². The van der Waals surface area contributed by atoms with E-state index in [9.17, 15) is 13.2 Å². The van der Waals surface area contributed by atoms with Crippen LogP contribution in [-0.2, 0) is 19.4 Å². The standard InChI is InChI=1S/C9H15NO4S/c1-14-9(11)2-4-10-6-8-3-5-15(12,13)7-8/h2,4,8,10H,3,5-7H2,1H3/b4-2+. The second kappa shape index (κ2) is 5.16. The lowest BCUT2D eigenvalue weighted by atomic mass is 10.1. The van der Waals surface area contributed by atoms with Gasteiger partial charge >= 0.3 is 5.97 Å². The van der Waals surface area contributed by atoms with Crippen molar-refractivity contribution in [1.29, 1.82) is 0 Å². The number of hydrogen-bond donors (Lipinski definition) is 1. The maximum atomic E-state index is 11.1. The quantitative estimate of drug-likeness (QED) is 0.533. The average Bonchev–Trinajstić information content (AvgIpc) is 2.52. The molecule has 6 heteroatoms. The van der Waals surface area contributed by atoms with E-state index in [1.165, 1.54) is 19.4 Å². The third-order valence-electron chi connectivity index (χ3n) is 2.27. The molecule has 1 fully saturated rings. The molecule has 1 saturated heterocycles. The van der Waals surface area contributed by atoms with Crippen LogP contribution in [0.2, 0.25) is 0 Å². The fourth-order valence-corrected chi connectivity index (χ4v) is 3.32. The molecule has 0 aromatic carbocycles. The van der Waals surface area contributed by atoms with Gasteiger partial charge in [0.25, 0.3) is 0 Å². The third-order valence-corrected chi connectivity index (χ3v) is 4.11. The zero-order valence-electron chi connectivity index (χ0n) is 8.60. The summed E-state index contributed by atoms with van der Waals surface area (Å²) in [5.74, 6) is 0.241. The molecule has 0 spiro atoms. The Hall–Kier alpha value is -1.04. The van der Waals surface area contributed by atoms with Gasteiger partial charge in [-0.25, -0.2) is 13.2 Å². The molecular formula is C9H15NO4S. The summed E-state index contributed by atoms with van der Waals surface area (Å²) in [5, 5.41) is 2.88. The molecule has 1 atom stereocenters. The lowest BCUT2D eigenvalue weighted by molar-refractivity contribution is -0.134. The lowest BCUT2D eigenvalue weighted by Crippen LogP contribution is -2.19. The third kappa shape index (κ3) is 4.33. The molecular weight excluding hydrogens is 218 g/mol. The Morgan fingerprint density at radius 1 is 1.60 bits per heavy atom. The van der Waals surface area contributed by atoms with Gasteiger partial charge < -0.3 is 10.1 Å². The zero-order chi connectivity index (χ0) is 11.3. The molecule has 15 heavy (non-hydrogen) atoms. The van der Waals surface area contributed by atoms with Crippen LogP contribution in [0.25, 0.3) is 0 Å². The molecule has 1 unspecified atom stereocenters.